The lowest BCUT2D eigenvalue weighted by Crippen LogP contribution is -2.53. The van der Waals surface area contributed by atoms with Gasteiger partial charge in [0.15, 0.2) is 8.32 Å². The van der Waals surface area contributed by atoms with Crippen molar-refractivity contribution in [1.29, 1.82) is 0 Å². The Morgan fingerprint density at radius 1 is 1.06 bits per heavy atom. The maximum Gasteiger partial charge on any atom is 0.416 e. The number of halogens is 4. The van der Waals surface area contributed by atoms with Crippen LogP contribution in [-0.2, 0) is 15.3 Å². The Balaban J connectivity index is 2.13. The number of nitro groups is 1. The van der Waals surface area contributed by atoms with E-state index in [0.29, 0.717) is 0 Å². The number of rotatable bonds is 10. The summed E-state index contributed by atoms with van der Waals surface area (Å²) in [6.07, 6.45) is -8.25. The van der Waals surface area contributed by atoms with Crippen LogP contribution in [0.5, 0.6) is 0 Å². The summed E-state index contributed by atoms with van der Waals surface area (Å²) in [4.78, 5) is 36.7. The van der Waals surface area contributed by atoms with E-state index in [1.165, 1.54) is 18.2 Å². The van der Waals surface area contributed by atoms with Crippen molar-refractivity contribution in [2.24, 2.45) is 0 Å². The average molecular weight is 716 g/mol. The van der Waals surface area contributed by atoms with Gasteiger partial charge in [0.05, 0.1) is 29.2 Å². The van der Waals surface area contributed by atoms with E-state index < -0.39 is 78.0 Å². The number of anilines is 1. The van der Waals surface area contributed by atoms with E-state index >= 15 is 0 Å². The normalized spacial score (nSPS) is 13.8. The van der Waals surface area contributed by atoms with Gasteiger partial charge in [0.2, 0.25) is 10.9 Å². The van der Waals surface area contributed by atoms with E-state index in [1.54, 1.807) is 20.8 Å². The van der Waals surface area contributed by atoms with Gasteiger partial charge in [-0.2, -0.15) is 17.6 Å². The summed E-state index contributed by atoms with van der Waals surface area (Å²) in [5, 5.41) is 31.3. The van der Waals surface area contributed by atoms with Gasteiger partial charge in [-0.25, -0.2) is 14.5 Å². The standard InChI is InChI=1S/C30H37F4N5O7SSi/c1-28(2,3)45-26(40)35-21(23(46-48(7,8)29(4,5)6)17-9-12-19(13-10-17)30(32,33)34)16-38(27(41)42)25-37-36-24(47-25)18-11-14-22(39(43)44)20(31)15-18/h9-15,21,23H,16H2,1-8H3,(H,35,40)(H,41,42)/t21-,23+/m1/s1. The van der Waals surface area contributed by atoms with E-state index in [1.807, 2.05) is 33.9 Å². The number of benzene rings is 2. The Labute approximate surface area is 279 Å². The molecule has 0 saturated carbocycles. The fraction of sp³-hybridized carbons (Fsp3) is 0.467. The molecular formula is C30H37F4N5O7SSi. The maximum atomic E-state index is 14.3. The van der Waals surface area contributed by atoms with Gasteiger partial charge in [0.1, 0.15) is 10.6 Å². The Bertz CT molecular complexity index is 1640. The molecule has 0 aliphatic carbocycles. The second kappa shape index (κ2) is 14.1. The molecule has 1 aromatic heterocycles. The largest absolute Gasteiger partial charge is 0.465 e. The second-order valence-electron chi connectivity index (χ2n) is 13.4. The lowest BCUT2D eigenvalue weighted by Gasteiger charge is -2.42. The first-order chi connectivity index (χ1) is 21.9. The van der Waals surface area contributed by atoms with Crippen LogP contribution >= 0.6 is 11.3 Å². The number of carboxylic acid groups (broad SMARTS) is 1. The number of amides is 2. The number of carbonyl (C=O) groups is 2. The number of ether oxygens (including phenoxy) is 1. The van der Waals surface area contributed by atoms with Crippen molar-refractivity contribution in [3.05, 3.63) is 69.5 Å². The summed E-state index contributed by atoms with van der Waals surface area (Å²) in [6, 6.07) is 5.96. The molecule has 1 heterocycles. The second-order valence-corrected chi connectivity index (χ2v) is 19.1. The molecule has 3 aromatic rings. The highest BCUT2D eigenvalue weighted by Crippen LogP contribution is 2.42. The highest BCUT2D eigenvalue weighted by atomic mass is 32.1. The fourth-order valence-electron chi connectivity index (χ4n) is 4.08. The van der Waals surface area contributed by atoms with Crippen LogP contribution in [0, 0.1) is 15.9 Å². The van der Waals surface area contributed by atoms with Crippen molar-refractivity contribution in [2.45, 2.75) is 83.6 Å². The van der Waals surface area contributed by atoms with E-state index in [4.69, 9.17) is 9.16 Å². The lowest BCUT2D eigenvalue weighted by atomic mass is 10.0. The zero-order valence-electron chi connectivity index (χ0n) is 27.5. The van der Waals surface area contributed by atoms with Crippen LogP contribution in [0.2, 0.25) is 18.1 Å². The number of alkyl carbamates (subject to hydrolysis) is 1. The van der Waals surface area contributed by atoms with Crippen molar-refractivity contribution in [2.75, 3.05) is 11.4 Å². The van der Waals surface area contributed by atoms with Gasteiger partial charge in [0, 0.05) is 11.6 Å². The molecule has 12 nitrogen and oxygen atoms in total. The molecule has 0 spiro atoms. The number of hydrogen-bond donors (Lipinski definition) is 2. The molecule has 0 aliphatic rings. The summed E-state index contributed by atoms with van der Waals surface area (Å²) < 4.78 is 66.8. The minimum atomic E-state index is -4.62. The maximum absolute atomic E-state index is 14.3. The van der Waals surface area contributed by atoms with E-state index in [-0.39, 0.29) is 21.3 Å². The third kappa shape index (κ3) is 9.69. The number of nitrogens with zero attached hydrogens (tertiary/aromatic N) is 4. The molecule has 0 fully saturated rings. The van der Waals surface area contributed by atoms with Gasteiger partial charge in [-0.05, 0) is 68.7 Å². The molecule has 18 heteroatoms. The molecule has 2 amide bonds. The molecule has 3 rings (SSSR count). The monoisotopic (exact) mass is 715 g/mol. The summed E-state index contributed by atoms with van der Waals surface area (Å²) in [5.41, 5.74) is -2.30. The Morgan fingerprint density at radius 3 is 2.15 bits per heavy atom. The van der Waals surface area contributed by atoms with Crippen LogP contribution in [0.1, 0.15) is 58.8 Å². The molecule has 0 bridgehead atoms. The van der Waals surface area contributed by atoms with Gasteiger partial charge >= 0.3 is 24.1 Å². The molecule has 0 saturated heterocycles. The molecule has 262 valence electrons. The summed E-state index contributed by atoms with van der Waals surface area (Å²) in [5.74, 6) is -1.13. The Morgan fingerprint density at radius 2 is 1.67 bits per heavy atom. The Kier molecular flexibility index (Phi) is 11.3. The first-order valence-electron chi connectivity index (χ1n) is 14.5. The van der Waals surface area contributed by atoms with Crippen molar-refractivity contribution < 1.29 is 46.3 Å². The minimum absolute atomic E-state index is 0.0403. The topological polar surface area (TPSA) is 157 Å². The molecule has 0 unspecified atom stereocenters. The number of carbonyl (C=O) groups excluding carboxylic acids is 1. The van der Waals surface area contributed by atoms with Crippen LogP contribution < -0.4 is 10.2 Å². The van der Waals surface area contributed by atoms with Crippen molar-refractivity contribution >= 4 is 42.7 Å². The van der Waals surface area contributed by atoms with Crippen molar-refractivity contribution in [1.82, 2.24) is 15.5 Å². The highest BCUT2D eigenvalue weighted by Gasteiger charge is 2.43. The zero-order valence-corrected chi connectivity index (χ0v) is 29.3. The molecule has 2 atom stereocenters. The van der Waals surface area contributed by atoms with E-state index in [0.717, 1.165) is 40.5 Å². The summed E-state index contributed by atoms with van der Waals surface area (Å²) >= 11 is 0.731. The summed E-state index contributed by atoms with van der Waals surface area (Å²) in [7, 11) is -2.77. The number of nitro benzene ring substituents is 1. The number of alkyl halides is 3. The van der Waals surface area contributed by atoms with E-state index in [9.17, 15) is 42.4 Å². The smallest absolute Gasteiger partial charge is 0.416 e. The fourth-order valence-corrected chi connectivity index (χ4v) is 6.21. The van der Waals surface area contributed by atoms with Crippen LogP contribution in [0.15, 0.2) is 42.5 Å². The van der Waals surface area contributed by atoms with Crippen LogP contribution in [0.25, 0.3) is 10.6 Å². The van der Waals surface area contributed by atoms with Crippen LogP contribution in [0.4, 0.5) is 38.0 Å². The van der Waals surface area contributed by atoms with Crippen LogP contribution in [-0.4, -0.2) is 58.9 Å². The minimum Gasteiger partial charge on any atom is -0.465 e. The third-order valence-electron chi connectivity index (χ3n) is 7.51. The van der Waals surface area contributed by atoms with Gasteiger partial charge < -0.3 is 19.6 Å². The van der Waals surface area contributed by atoms with E-state index in [2.05, 4.69) is 15.5 Å². The predicted octanol–water partition coefficient (Wildman–Crippen LogP) is 8.41. The predicted molar refractivity (Wildman–Crippen MR) is 173 cm³/mol. The Hall–Kier alpha value is -4.16. The molecule has 0 aliphatic heterocycles. The lowest BCUT2D eigenvalue weighted by molar-refractivity contribution is -0.387. The van der Waals surface area contributed by atoms with Crippen LogP contribution in [0.3, 0.4) is 0 Å². The number of nitrogens with one attached hydrogen (secondary N) is 1. The SMILES string of the molecule is CC(C)(C)OC(=O)N[C@H](CN(C(=O)O)c1nnc(-c2ccc([N+](=O)[O-])c(F)c2)s1)[C@@H](O[Si](C)(C)C(C)(C)C)c1ccc(C(F)(F)F)cc1. The number of aromatic nitrogens is 2. The van der Waals surface area contributed by atoms with Gasteiger partial charge in [-0.15, -0.1) is 10.2 Å². The first-order valence-corrected chi connectivity index (χ1v) is 18.2. The molecule has 2 aromatic carbocycles. The van der Waals surface area contributed by atoms with Gasteiger partial charge in [-0.3, -0.25) is 10.1 Å². The average Bonchev–Trinajstić information content (AvgIpc) is 3.41. The van der Waals surface area contributed by atoms with Crippen molar-refractivity contribution in [3.63, 3.8) is 0 Å². The van der Waals surface area contributed by atoms with Gasteiger partial charge in [-0.1, -0.05) is 44.2 Å². The molecular weight excluding hydrogens is 679 g/mol. The molecule has 2 N–H and O–H groups in total. The zero-order chi connectivity index (χ0) is 36.4. The van der Waals surface area contributed by atoms with Crippen molar-refractivity contribution in [3.8, 4) is 10.6 Å². The summed E-state index contributed by atoms with van der Waals surface area (Å²) in [6.45, 7) is 13.9. The first kappa shape index (κ1) is 38.3. The third-order valence-corrected chi connectivity index (χ3v) is 13.0. The highest BCUT2D eigenvalue weighted by molar-refractivity contribution is 7.18. The molecule has 0 radical (unpaired) electrons. The molecule has 48 heavy (non-hydrogen) atoms. The van der Waals surface area contributed by atoms with Gasteiger partial charge in [0.25, 0.3) is 0 Å². The quantitative estimate of drug-likeness (QED) is 0.0910. The number of hydrogen-bond acceptors (Lipinski definition) is 9.